The van der Waals surface area contributed by atoms with Crippen molar-refractivity contribution < 1.29 is 9.47 Å². The summed E-state index contributed by atoms with van der Waals surface area (Å²) in [6.45, 7) is 4.51. The molecule has 42 heavy (non-hydrogen) atoms. The van der Waals surface area contributed by atoms with Gasteiger partial charge in [-0.1, -0.05) is 48.5 Å². The molecule has 0 saturated heterocycles. The van der Waals surface area contributed by atoms with Gasteiger partial charge in [-0.3, -0.25) is 0 Å². The molecule has 0 saturated carbocycles. The van der Waals surface area contributed by atoms with Gasteiger partial charge in [0.05, 0.1) is 14.2 Å². The summed E-state index contributed by atoms with van der Waals surface area (Å²) in [5, 5.41) is 5.13. The van der Waals surface area contributed by atoms with Gasteiger partial charge in [0.15, 0.2) is 0 Å². The van der Waals surface area contributed by atoms with Crippen molar-refractivity contribution in [2.24, 2.45) is 0 Å². The Morgan fingerprint density at radius 1 is 0.452 bits per heavy atom. The molecule has 2 heterocycles. The molecule has 2 aromatic heterocycles. The van der Waals surface area contributed by atoms with E-state index in [1.165, 1.54) is 74.4 Å². The van der Waals surface area contributed by atoms with Gasteiger partial charge in [-0.25, -0.2) is 0 Å². The molecule has 2 nitrogen and oxygen atoms in total. The van der Waals surface area contributed by atoms with E-state index in [1.807, 2.05) is 46.9 Å². The summed E-state index contributed by atoms with van der Waals surface area (Å²) in [5.74, 6) is 1.74. The fourth-order valence-corrected chi connectivity index (χ4v) is 8.02. The molecule has 0 aliphatic rings. The predicted octanol–water partition coefficient (Wildman–Crippen LogP) is 11.4. The van der Waals surface area contributed by atoms with E-state index in [9.17, 15) is 0 Å². The minimum absolute atomic E-state index is 0.871. The van der Waals surface area contributed by atoms with E-state index in [0.29, 0.717) is 0 Å². The number of methoxy groups -OCH3 is 2. The zero-order chi connectivity index (χ0) is 28.8. The van der Waals surface area contributed by atoms with E-state index in [4.69, 9.17) is 9.47 Å². The molecule has 206 valence electrons. The number of fused-ring (bicyclic) bond motifs is 3. The first-order chi connectivity index (χ1) is 20.6. The molecule has 0 aliphatic heterocycles. The average Bonchev–Trinajstić information content (AvgIpc) is 3.62. The number of ether oxygens (including phenoxy) is 2. The van der Waals surface area contributed by atoms with Crippen LogP contribution in [0.15, 0.2) is 109 Å². The smallest absolute Gasteiger partial charge is 0.118 e. The Morgan fingerprint density at radius 3 is 1.17 bits per heavy atom. The second-order valence-corrected chi connectivity index (χ2v) is 13.0. The fraction of sp³-hybridized carbons (Fsp3) is 0.105. The van der Waals surface area contributed by atoms with Crippen LogP contribution in [0.5, 0.6) is 11.5 Å². The van der Waals surface area contributed by atoms with E-state index in [2.05, 4.69) is 98.8 Å². The third-order valence-electron chi connectivity index (χ3n) is 8.06. The van der Waals surface area contributed by atoms with E-state index in [-0.39, 0.29) is 0 Å². The van der Waals surface area contributed by atoms with Gasteiger partial charge in [0.2, 0.25) is 0 Å². The van der Waals surface area contributed by atoms with Gasteiger partial charge in [-0.05, 0) is 129 Å². The number of hydrogen-bond acceptors (Lipinski definition) is 4. The molecule has 0 radical (unpaired) electrons. The average molecular weight is 583 g/mol. The summed E-state index contributed by atoms with van der Waals surface area (Å²) in [7, 11) is 3.42. The second kappa shape index (κ2) is 10.8. The van der Waals surface area contributed by atoms with Crippen molar-refractivity contribution in [2.45, 2.75) is 13.8 Å². The van der Waals surface area contributed by atoms with Crippen LogP contribution in [0.2, 0.25) is 0 Å². The Kier molecular flexibility index (Phi) is 6.81. The lowest BCUT2D eigenvalue weighted by molar-refractivity contribution is 0.415. The lowest BCUT2D eigenvalue weighted by Crippen LogP contribution is -1.91. The molecule has 0 N–H and O–H groups in total. The van der Waals surface area contributed by atoms with Crippen LogP contribution in [0.25, 0.3) is 64.7 Å². The van der Waals surface area contributed by atoms with Crippen molar-refractivity contribution >= 4 is 44.2 Å². The number of rotatable bonds is 6. The molecular weight excluding hydrogens is 553 g/mol. The van der Waals surface area contributed by atoms with Crippen LogP contribution in [0.1, 0.15) is 9.75 Å². The van der Waals surface area contributed by atoms with Crippen LogP contribution < -0.4 is 9.47 Å². The highest BCUT2D eigenvalue weighted by Crippen LogP contribution is 2.50. The molecule has 0 atom stereocenters. The Balaban J connectivity index is 1.51. The third-order valence-corrected chi connectivity index (χ3v) is 10.3. The summed E-state index contributed by atoms with van der Waals surface area (Å²) < 4.78 is 10.8. The van der Waals surface area contributed by atoms with E-state index in [0.717, 1.165) is 11.5 Å². The van der Waals surface area contributed by atoms with Crippen molar-refractivity contribution in [2.75, 3.05) is 14.2 Å². The van der Waals surface area contributed by atoms with Gasteiger partial charge >= 0.3 is 0 Å². The van der Waals surface area contributed by atoms with Gasteiger partial charge < -0.3 is 9.47 Å². The summed E-state index contributed by atoms with van der Waals surface area (Å²) in [6.07, 6.45) is 0. The second-order valence-electron chi connectivity index (χ2n) is 10.5. The Hall–Kier alpha value is -4.38. The molecule has 0 bridgehead atoms. The standard InChI is InChI=1S/C38H30O2S2/c1-23-33(21-35(41-23)25-13-17-27(39-3)18-14-25)37-31-11-7-5-9-29(31)30-10-6-8-12-32(30)38(37)34-22-36(42-24(34)2)26-15-19-28(40-4)20-16-26/h5-22H,1-4H3. The SMILES string of the molecule is COc1ccc(-c2cc(-c3c(-c4cc(-c5ccc(OC)cc5)sc4C)c4ccccc4c4ccccc34)c(C)s2)cc1. The highest BCUT2D eigenvalue weighted by atomic mass is 32.1. The molecule has 0 fully saturated rings. The summed E-state index contributed by atoms with van der Waals surface area (Å²) in [6, 6.07) is 39.3. The van der Waals surface area contributed by atoms with Crippen LogP contribution in [-0.2, 0) is 0 Å². The maximum absolute atomic E-state index is 5.41. The maximum Gasteiger partial charge on any atom is 0.118 e. The molecule has 7 aromatic rings. The first kappa shape index (κ1) is 26.5. The highest BCUT2D eigenvalue weighted by molar-refractivity contribution is 7.16. The molecule has 0 amide bonds. The number of aryl methyl sites for hydroxylation is 2. The lowest BCUT2D eigenvalue weighted by atomic mass is 9.85. The van der Waals surface area contributed by atoms with Crippen molar-refractivity contribution in [3.63, 3.8) is 0 Å². The molecule has 0 spiro atoms. The summed E-state index contributed by atoms with van der Waals surface area (Å²) in [5.41, 5.74) is 7.60. The Labute approximate surface area is 254 Å². The predicted molar refractivity (Wildman–Crippen MR) is 182 cm³/mol. The molecule has 0 unspecified atom stereocenters. The number of benzene rings is 5. The van der Waals surface area contributed by atoms with Gasteiger partial charge in [-0.2, -0.15) is 0 Å². The molecular formula is C38H30O2S2. The largest absolute Gasteiger partial charge is 0.497 e. The lowest BCUT2D eigenvalue weighted by Gasteiger charge is -2.18. The maximum atomic E-state index is 5.41. The van der Waals surface area contributed by atoms with Crippen molar-refractivity contribution in [1.82, 2.24) is 0 Å². The van der Waals surface area contributed by atoms with Crippen LogP contribution in [0, 0.1) is 13.8 Å². The Bertz CT molecular complexity index is 1910. The van der Waals surface area contributed by atoms with Crippen molar-refractivity contribution in [1.29, 1.82) is 0 Å². The van der Waals surface area contributed by atoms with E-state index >= 15 is 0 Å². The first-order valence-corrected chi connectivity index (χ1v) is 15.6. The monoisotopic (exact) mass is 582 g/mol. The fourth-order valence-electron chi connectivity index (χ4n) is 5.96. The minimum Gasteiger partial charge on any atom is -0.497 e. The summed E-state index contributed by atoms with van der Waals surface area (Å²) in [4.78, 5) is 5.14. The summed E-state index contributed by atoms with van der Waals surface area (Å²) >= 11 is 3.71. The van der Waals surface area contributed by atoms with Crippen LogP contribution in [0.4, 0.5) is 0 Å². The van der Waals surface area contributed by atoms with Crippen molar-refractivity contribution in [3.8, 4) is 54.6 Å². The topological polar surface area (TPSA) is 18.5 Å². The van der Waals surface area contributed by atoms with Crippen LogP contribution in [-0.4, -0.2) is 14.2 Å². The highest BCUT2D eigenvalue weighted by Gasteiger charge is 2.23. The molecule has 4 heteroatoms. The molecule has 7 rings (SSSR count). The first-order valence-electron chi connectivity index (χ1n) is 14.0. The minimum atomic E-state index is 0.871. The van der Waals surface area contributed by atoms with Gasteiger partial charge in [0, 0.05) is 19.5 Å². The molecule has 5 aromatic carbocycles. The van der Waals surface area contributed by atoms with Crippen LogP contribution in [0.3, 0.4) is 0 Å². The third kappa shape index (κ3) is 4.48. The zero-order valence-corrected chi connectivity index (χ0v) is 25.7. The van der Waals surface area contributed by atoms with E-state index < -0.39 is 0 Å². The molecule has 0 aliphatic carbocycles. The number of hydrogen-bond donors (Lipinski definition) is 0. The van der Waals surface area contributed by atoms with Gasteiger partial charge in [-0.15, -0.1) is 22.7 Å². The number of thiophene rings is 2. The normalized spacial score (nSPS) is 11.3. The van der Waals surface area contributed by atoms with Crippen molar-refractivity contribution in [3.05, 3.63) is 119 Å². The van der Waals surface area contributed by atoms with Crippen LogP contribution >= 0.6 is 22.7 Å². The Morgan fingerprint density at radius 2 is 0.810 bits per heavy atom. The van der Waals surface area contributed by atoms with Gasteiger partial charge in [0.1, 0.15) is 11.5 Å². The zero-order valence-electron chi connectivity index (χ0n) is 24.0. The van der Waals surface area contributed by atoms with E-state index in [1.54, 1.807) is 14.2 Å². The van der Waals surface area contributed by atoms with Gasteiger partial charge in [0.25, 0.3) is 0 Å². The quantitative estimate of drug-likeness (QED) is 0.182.